The van der Waals surface area contributed by atoms with Crippen LogP contribution in [0.1, 0.15) is 16.8 Å². The van der Waals surface area contributed by atoms with Gasteiger partial charge >= 0.3 is 0 Å². The van der Waals surface area contributed by atoms with Gasteiger partial charge in [-0.2, -0.15) is 0 Å². The second kappa shape index (κ2) is 6.83. The number of H-pyrrole nitrogens is 1. The van der Waals surface area contributed by atoms with Crippen LogP contribution in [0.15, 0.2) is 34.4 Å². The molecular formula is C18H15ClFN3O2S. The molecule has 0 fully saturated rings. The zero-order valence-corrected chi connectivity index (χ0v) is 15.2. The van der Waals surface area contributed by atoms with Gasteiger partial charge in [-0.05, 0) is 35.6 Å². The summed E-state index contributed by atoms with van der Waals surface area (Å²) in [6, 6.07) is 6.66. The van der Waals surface area contributed by atoms with Crippen LogP contribution >= 0.6 is 22.9 Å². The number of phenols is 1. The lowest BCUT2D eigenvalue weighted by Gasteiger charge is -2.27. The van der Waals surface area contributed by atoms with Crippen LogP contribution in [0.2, 0.25) is 5.02 Å². The minimum Gasteiger partial charge on any atom is -0.504 e. The zero-order valence-electron chi connectivity index (χ0n) is 13.6. The number of phenolic OH excluding ortho intramolecular Hbond substituents is 1. The molecule has 1 aliphatic rings. The average Bonchev–Trinajstić information content (AvgIpc) is 3.14. The van der Waals surface area contributed by atoms with Crippen molar-refractivity contribution in [2.45, 2.75) is 19.5 Å². The van der Waals surface area contributed by atoms with Gasteiger partial charge in [0, 0.05) is 25.2 Å². The van der Waals surface area contributed by atoms with Gasteiger partial charge in [-0.3, -0.25) is 9.69 Å². The van der Waals surface area contributed by atoms with Crippen molar-refractivity contribution in [3.63, 3.8) is 0 Å². The molecule has 0 spiro atoms. The highest BCUT2D eigenvalue weighted by molar-refractivity contribution is 7.13. The topological polar surface area (TPSA) is 69.2 Å². The van der Waals surface area contributed by atoms with Gasteiger partial charge in [-0.25, -0.2) is 9.37 Å². The van der Waals surface area contributed by atoms with E-state index in [0.717, 1.165) is 10.6 Å². The molecule has 2 aromatic heterocycles. The second-order valence-electron chi connectivity index (χ2n) is 6.19. The summed E-state index contributed by atoms with van der Waals surface area (Å²) in [7, 11) is 0. The molecule has 0 atom stereocenters. The van der Waals surface area contributed by atoms with Crippen LogP contribution in [0, 0.1) is 5.82 Å². The maximum Gasteiger partial charge on any atom is 0.254 e. The van der Waals surface area contributed by atoms with Crippen molar-refractivity contribution >= 4 is 22.9 Å². The Labute approximate surface area is 157 Å². The van der Waals surface area contributed by atoms with Crippen molar-refractivity contribution in [2.24, 2.45) is 0 Å². The standard InChI is InChI=1S/C18H15ClFN3O2S/c19-12-6-10(7-13(20)16(12)24)8-23-4-3-11-14(9-23)21-17(22-18(11)25)15-2-1-5-26-15/h1-2,5-7,24H,3-4,8-9H2,(H,21,22,25). The zero-order chi connectivity index (χ0) is 18.3. The van der Waals surface area contributed by atoms with E-state index in [-0.39, 0.29) is 10.6 Å². The van der Waals surface area contributed by atoms with Crippen molar-refractivity contribution in [2.75, 3.05) is 6.54 Å². The first-order valence-electron chi connectivity index (χ1n) is 8.06. The van der Waals surface area contributed by atoms with E-state index in [4.69, 9.17) is 11.6 Å². The number of aromatic nitrogens is 2. The predicted molar refractivity (Wildman–Crippen MR) is 99.1 cm³/mol. The number of thiophene rings is 1. The Morgan fingerprint density at radius 1 is 1.42 bits per heavy atom. The van der Waals surface area contributed by atoms with Crippen LogP contribution in [0.25, 0.3) is 10.7 Å². The fourth-order valence-corrected chi connectivity index (χ4v) is 4.03. The lowest BCUT2D eigenvalue weighted by molar-refractivity contribution is 0.240. The van der Waals surface area contributed by atoms with E-state index in [1.807, 2.05) is 17.5 Å². The van der Waals surface area contributed by atoms with Crippen LogP contribution in [0.5, 0.6) is 5.75 Å². The summed E-state index contributed by atoms with van der Waals surface area (Å²) in [5.74, 6) is -0.697. The van der Waals surface area contributed by atoms with Crippen molar-refractivity contribution in [3.05, 3.63) is 67.7 Å². The Morgan fingerprint density at radius 2 is 2.27 bits per heavy atom. The lowest BCUT2D eigenvalue weighted by Crippen LogP contribution is -2.35. The summed E-state index contributed by atoms with van der Waals surface area (Å²) in [5.41, 5.74) is 2.01. The van der Waals surface area contributed by atoms with Gasteiger partial charge in [0.15, 0.2) is 17.4 Å². The number of hydrogen-bond donors (Lipinski definition) is 2. The number of hydrogen-bond acceptors (Lipinski definition) is 5. The van der Waals surface area contributed by atoms with Gasteiger partial charge in [0.2, 0.25) is 0 Å². The molecule has 0 amide bonds. The number of fused-ring (bicyclic) bond motifs is 1. The SMILES string of the molecule is O=c1[nH]c(-c2cccs2)nc2c1CCN(Cc1cc(F)c(O)c(Cl)c1)C2. The first-order chi connectivity index (χ1) is 12.5. The smallest absolute Gasteiger partial charge is 0.254 e. The molecule has 3 aromatic rings. The maximum atomic E-state index is 13.7. The fraction of sp³-hybridized carbons (Fsp3) is 0.222. The quantitative estimate of drug-likeness (QED) is 0.716. The van der Waals surface area contributed by atoms with Crippen molar-refractivity contribution in [3.8, 4) is 16.5 Å². The van der Waals surface area contributed by atoms with Crippen molar-refractivity contribution in [1.82, 2.24) is 14.9 Å². The highest BCUT2D eigenvalue weighted by atomic mass is 35.5. The number of aromatic hydroxyl groups is 1. The van der Waals surface area contributed by atoms with Crippen LogP contribution in [0.3, 0.4) is 0 Å². The van der Waals surface area contributed by atoms with E-state index in [9.17, 15) is 14.3 Å². The first-order valence-corrected chi connectivity index (χ1v) is 9.32. The van der Waals surface area contributed by atoms with Crippen molar-refractivity contribution in [1.29, 1.82) is 0 Å². The third-order valence-electron chi connectivity index (χ3n) is 4.39. The number of rotatable bonds is 3. The molecule has 1 aromatic carbocycles. The maximum absolute atomic E-state index is 13.7. The molecule has 0 unspecified atom stereocenters. The molecule has 134 valence electrons. The molecule has 3 heterocycles. The molecule has 0 saturated carbocycles. The molecule has 0 saturated heterocycles. The van der Waals surface area contributed by atoms with E-state index >= 15 is 0 Å². The second-order valence-corrected chi connectivity index (χ2v) is 7.54. The summed E-state index contributed by atoms with van der Waals surface area (Å²) < 4.78 is 13.7. The lowest BCUT2D eigenvalue weighted by atomic mass is 10.1. The minimum absolute atomic E-state index is 0.00744. The van der Waals surface area contributed by atoms with Crippen LogP contribution < -0.4 is 5.56 Å². The van der Waals surface area contributed by atoms with Gasteiger partial charge in [0.25, 0.3) is 5.56 Å². The Kier molecular flexibility index (Phi) is 4.52. The third-order valence-corrected chi connectivity index (χ3v) is 5.55. The number of halogens is 2. The van der Waals surface area contributed by atoms with Gasteiger partial charge in [-0.15, -0.1) is 11.3 Å². The summed E-state index contributed by atoms with van der Waals surface area (Å²) in [6.07, 6.45) is 0.580. The summed E-state index contributed by atoms with van der Waals surface area (Å²) in [5, 5.41) is 11.4. The molecule has 4 rings (SSSR count). The van der Waals surface area contributed by atoms with E-state index < -0.39 is 11.6 Å². The Bertz CT molecular complexity index is 997. The van der Waals surface area contributed by atoms with Crippen LogP contribution in [-0.2, 0) is 19.5 Å². The Balaban J connectivity index is 1.60. The third kappa shape index (κ3) is 3.25. The molecule has 0 bridgehead atoms. The van der Waals surface area contributed by atoms with Crippen molar-refractivity contribution < 1.29 is 9.50 Å². The Morgan fingerprint density at radius 3 is 3.00 bits per heavy atom. The van der Waals surface area contributed by atoms with E-state index in [0.29, 0.717) is 43.0 Å². The van der Waals surface area contributed by atoms with E-state index in [1.165, 1.54) is 17.4 Å². The minimum atomic E-state index is -0.737. The number of benzene rings is 1. The van der Waals surface area contributed by atoms with E-state index in [1.54, 1.807) is 6.07 Å². The molecule has 2 N–H and O–H groups in total. The molecular weight excluding hydrogens is 377 g/mol. The fourth-order valence-electron chi connectivity index (χ4n) is 3.13. The molecule has 5 nitrogen and oxygen atoms in total. The Hall–Kier alpha value is -2.22. The predicted octanol–water partition coefficient (Wildman–Crippen LogP) is 3.55. The molecule has 26 heavy (non-hydrogen) atoms. The average molecular weight is 392 g/mol. The molecule has 0 aliphatic carbocycles. The van der Waals surface area contributed by atoms with Crippen LogP contribution in [0.4, 0.5) is 4.39 Å². The monoisotopic (exact) mass is 391 g/mol. The van der Waals surface area contributed by atoms with E-state index in [2.05, 4.69) is 14.9 Å². The number of nitrogens with one attached hydrogen (secondary N) is 1. The van der Waals surface area contributed by atoms with Gasteiger partial charge in [0.1, 0.15) is 0 Å². The largest absolute Gasteiger partial charge is 0.504 e. The van der Waals surface area contributed by atoms with Crippen LogP contribution in [-0.4, -0.2) is 26.5 Å². The van der Waals surface area contributed by atoms with Gasteiger partial charge in [-0.1, -0.05) is 17.7 Å². The summed E-state index contributed by atoms with van der Waals surface area (Å²) in [4.78, 5) is 22.8. The highest BCUT2D eigenvalue weighted by Crippen LogP contribution is 2.29. The number of nitrogens with zero attached hydrogens (tertiary/aromatic N) is 2. The molecule has 8 heteroatoms. The molecule has 1 aliphatic heterocycles. The summed E-state index contributed by atoms with van der Waals surface area (Å²) in [6.45, 7) is 1.62. The van der Waals surface area contributed by atoms with Gasteiger partial charge in [0.05, 0.1) is 15.6 Å². The normalized spacial score (nSPS) is 14.4. The number of aromatic amines is 1. The summed E-state index contributed by atoms with van der Waals surface area (Å²) >= 11 is 7.37. The highest BCUT2D eigenvalue weighted by Gasteiger charge is 2.22. The molecule has 0 radical (unpaired) electrons. The first kappa shape index (κ1) is 17.2. The van der Waals surface area contributed by atoms with Gasteiger partial charge < -0.3 is 10.1 Å².